The lowest BCUT2D eigenvalue weighted by Gasteiger charge is -2.15. The first-order valence-electron chi connectivity index (χ1n) is 8.13. The van der Waals surface area contributed by atoms with Crippen molar-refractivity contribution in [3.8, 4) is 0 Å². The van der Waals surface area contributed by atoms with Gasteiger partial charge < -0.3 is 0 Å². The Bertz CT molecular complexity index is 880. The van der Waals surface area contributed by atoms with Crippen molar-refractivity contribution in [1.29, 1.82) is 0 Å². The van der Waals surface area contributed by atoms with Crippen molar-refractivity contribution >= 4 is 33.0 Å². The number of hydrogen-bond donors (Lipinski definition) is 3. The lowest BCUT2D eigenvalue weighted by molar-refractivity contribution is 0.549. The second-order valence-corrected chi connectivity index (χ2v) is 9.89. The number of nitrogens with one attached hydrogen (secondary N) is 3. The predicted molar refractivity (Wildman–Crippen MR) is 102 cm³/mol. The lowest BCUT2D eigenvalue weighted by atomic mass is 10.0. The maximum Gasteiger partial charge on any atom is 0.242 e. The van der Waals surface area contributed by atoms with Crippen LogP contribution in [0.5, 0.6) is 0 Å². The fourth-order valence-electron chi connectivity index (χ4n) is 3.21. The first kappa shape index (κ1) is 18.8. The van der Waals surface area contributed by atoms with Gasteiger partial charge in [0.2, 0.25) is 10.0 Å². The van der Waals surface area contributed by atoms with Gasteiger partial charge in [0.15, 0.2) is 0 Å². The summed E-state index contributed by atoms with van der Waals surface area (Å²) >= 11 is 7.66. The Labute approximate surface area is 157 Å². The molecule has 1 aliphatic heterocycles. The Kier molecular flexibility index (Phi) is 5.53. The summed E-state index contributed by atoms with van der Waals surface area (Å²) < 4.78 is 28.7. The van der Waals surface area contributed by atoms with Crippen LogP contribution in [0.4, 0.5) is 0 Å². The normalized spacial score (nSPS) is 21.0. The molecule has 136 valence electrons. The minimum atomic E-state index is -3.64. The number of halogens is 1. The monoisotopic (exact) mass is 399 g/mol. The largest absolute Gasteiger partial charge is 0.254 e. The number of hydrazine groups is 1. The molecule has 2 unspecified atom stereocenters. The van der Waals surface area contributed by atoms with Gasteiger partial charge in [0.1, 0.15) is 4.90 Å². The van der Waals surface area contributed by atoms with Gasteiger partial charge in [0.25, 0.3) is 0 Å². The maximum absolute atomic E-state index is 13.0. The fourth-order valence-corrected chi connectivity index (χ4v) is 6.40. The third-order valence-electron chi connectivity index (χ3n) is 4.37. The highest BCUT2D eigenvalue weighted by atomic mass is 35.5. The zero-order valence-corrected chi connectivity index (χ0v) is 16.8. The summed E-state index contributed by atoms with van der Waals surface area (Å²) in [4.78, 5) is 2.24. The van der Waals surface area contributed by atoms with Crippen LogP contribution in [-0.4, -0.2) is 14.5 Å². The molecule has 1 aromatic carbocycles. The summed E-state index contributed by atoms with van der Waals surface area (Å²) in [7, 11) is -3.64. The van der Waals surface area contributed by atoms with E-state index in [0.29, 0.717) is 16.0 Å². The summed E-state index contributed by atoms with van der Waals surface area (Å²) in [5.41, 5.74) is 8.01. The molecule has 1 fully saturated rings. The summed E-state index contributed by atoms with van der Waals surface area (Å²) in [6.07, 6.45) is 0.851. The van der Waals surface area contributed by atoms with Gasteiger partial charge in [-0.15, -0.1) is 11.3 Å². The summed E-state index contributed by atoms with van der Waals surface area (Å²) in [5, 5.41) is 0.555. The molecule has 0 bridgehead atoms. The van der Waals surface area contributed by atoms with Crippen molar-refractivity contribution in [1.82, 2.24) is 15.6 Å². The molecule has 8 heteroatoms. The minimum absolute atomic E-state index is 0.00756. The van der Waals surface area contributed by atoms with Gasteiger partial charge >= 0.3 is 0 Å². The van der Waals surface area contributed by atoms with Gasteiger partial charge in [-0.3, -0.25) is 5.43 Å². The standard InChI is InChI=1S/C17H22ClN3O2S2/c1-10-8-15(21-20-10)16-11(2)24-12(3)17(16)25(22,23)19-9-13-6-4-5-7-14(13)18/h4-7,10,15,19-21H,8-9H2,1-3H3. The molecule has 1 aliphatic rings. The van der Waals surface area contributed by atoms with Crippen LogP contribution in [0.15, 0.2) is 29.2 Å². The van der Waals surface area contributed by atoms with E-state index in [1.807, 2.05) is 32.0 Å². The lowest BCUT2D eigenvalue weighted by Crippen LogP contribution is -2.30. The molecule has 2 atom stereocenters. The third kappa shape index (κ3) is 3.92. The van der Waals surface area contributed by atoms with Gasteiger partial charge in [-0.05, 0) is 38.8 Å². The van der Waals surface area contributed by atoms with Gasteiger partial charge in [-0.25, -0.2) is 18.6 Å². The minimum Gasteiger partial charge on any atom is -0.254 e. The molecular weight excluding hydrogens is 378 g/mol. The Morgan fingerprint density at radius 3 is 2.60 bits per heavy atom. The van der Waals surface area contributed by atoms with Crippen LogP contribution in [0.2, 0.25) is 5.02 Å². The molecule has 25 heavy (non-hydrogen) atoms. The summed E-state index contributed by atoms with van der Waals surface area (Å²) in [5.74, 6) is 0. The average molecular weight is 400 g/mol. The van der Waals surface area contributed by atoms with Crippen LogP contribution in [-0.2, 0) is 16.6 Å². The number of sulfonamides is 1. The van der Waals surface area contributed by atoms with Crippen molar-refractivity contribution in [3.05, 3.63) is 50.2 Å². The van der Waals surface area contributed by atoms with Crippen LogP contribution >= 0.6 is 22.9 Å². The van der Waals surface area contributed by atoms with Gasteiger partial charge in [0.05, 0.1) is 6.04 Å². The smallest absolute Gasteiger partial charge is 0.242 e. The van der Waals surface area contributed by atoms with Crippen molar-refractivity contribution < 1.29 is 8.42 Å². The number of rotatable bonds is 5. The average Bonchev–Trinajstić information content (AvgIpc) is 3.09. The highest BCUT2D eigenvalue weighted by molar-refractivity contribution is 7.89. The van der Waals surface area contributed by atoms with E-state index < -0.39 is 10.0 Å². The second kappa shape index (κ2) is 7.34. The van der Waals surface area contributed by atoms with Crippen LogP contribution in [0.3, 0.4) is 0 Å². The van der Waals surface area contributed by atoms with Crippen LogP contribution in [0.25, 0.3) is 0 Å². The Hall–Kier alpha value is -0.960. The van der Waals surface area contributed by atoms with E-state index in [0.717, 1.165) is 27.3 Å². The van der Waals surface area contributed by atoms with Crippen LogP contribution in [0, 0.1) is 13.8 Å². The summed E-state index contributed by atoms with van der Waals surface area (Å²) in [6.45, 7) is 6.08. The van der Waals surface area contributed by atoms with Gasteiger partial charge in [0, 0.05) is 32.9 Å². The van der Waals surface area contributed by atoms with E-state index in [9.17, 15) is 8.42 Å². The van der Waals surface area contributed by atoms with E-state index in [1.54, 1.807) is 6.07 Å². The zero-order valence-electron chi connectivity index (χ0n) is 14.4. The van der Waals surface area contributed by atoms with Crippen molar-refractivity contribution in [2.45, 2.75) is 50.7 Å². The number of hydrogen-bond acceptors (Lipinski definition) is 5. The van der Waals surface area contributed by atoms with E-state index in [2.05, 4.69) is 22.5 Å². The van der Waals surface area contributed by atoms with Crippen molar-refractivity contribution in [2.75, 3.05) is 0 Å². The molecule has 5 nitrogen and oxygen atoms in total. The van der Waals surface area contributed by atoms with E-state index in [4.69, 9.17) is 11.6 Å². The first-order chi connectivity index (χ1) is 11.8. The van der Waals surface area contributed by atoms with E-state index in [-0.39, 0.29) is 12.6 Å². The van der Waals surface area contributed by atoms with Crippen LogP contribution < -0.4 is 15.6 Å². The zero-order chi connectivity index (χ0) is 18.2. The number of aryl methyl sites for hydroxylation is 2. The number of benzene rings is 1. The molecule has 1 saturated heterocycles. The molecule has 3 rings (SSSR count). The highest BCUT2D eigenvalue weighted by Crippen LogP contribution is 2.38. The first-order valence-corrected chi connectivity index (χ1v) is 10.8. The molecule has 3 N–H and O–H groups in total. The Morgan fingerprint density at radius 1 is 1.24 bits per heavy atom. The quantitative estimate of drug-likeness (QED) is 0.720. The molecule has 1 aromatic heterocycles. The van der Waals surface area contributed by atoms with Crippen molar-refractivity contribution in [3.63, 3.8) is 0 Å². The summed E-state index contributed by atoms with van der Waals surface area (Å²) in [6, 6.07) is 7.54. The fraction of sp³-hybridized carbons (Fsp3) is 0.412. The van der Waals surface area contributed by atoms with E-state index >= 15 is 0 Å². The molecular formula is C17H22ClN3O2S2. The molecule has 0 saturated carbocycles. The molecule has 0 radical (unpaired) electrons. The predicted octanol–water partition coefficient (Wildman–Crippen LogP) is 3.42. The maximum atomic E-state index is 13.0. The van der Waals surface area contributed by atoms with Gasteiger partial charge in [-0.1, -0.05) is 29.8 Å². The van der Waals surface area contributed by atoms with E-state index in [1.165, 1.54) is 11.3 Å². The third-order valence-corrected chi connectivity index (χ3v) is 7.49. The molecule has 0 aliphatic carbocycles. The Balaban J connectivity index is 1.91. The van der Waals surface area contributed by atoms with Gasteiger partial charge in [-0.2, -0.15) is 0 Å². The molecule has 0 spiro atoms. The topological polar surface area (TPSA) is 70.2 Å². The molecule has 2 heterocycles. The second-order valence-electron chi connectivity index (χ2n) is 6.35. The molecule has 2 aromatic rings. The van der Waals surface area contributed by atoms with Crippen molar-refractivity contribution in [2.24, 2.45) is 0 Å². The molecule has 0 amide bonds. The van der Waals surface area contributed by atoms with Crippen LogP contribution in [0.1, 0.15) is 40.3 Å². The number of thiophene rings is 1. The Morgan fingerprint density at radius 2 is 1.96 bits per heavy atom. The highest BCUT2D eigenvalue weighted by Gasteiger charge is 2.32. The SMILES string of the molecule is Cc1sc(C)c(S(=O)(=O)NCc2ccccc2Cl)c1C1CC(C)NN1.